The Morgan fingerprint density at radius 3 is 2.79 bits per heavy atom. The van der Waals surface area contributed by atoms with Crippen molar-refractivity contribution >= 4 is 28.1 Å². The zero-order valence-electron chi connectivity index (χ0n) is 13.9. The summed E-state index contributed by atoms with van der Waals surface area (Å²) >= 11 is 1.66. The Hall–Kier alpha value is -2.12. The van der Waals surface area contributed by atoms with Crippen LogP contribution < -0.4 is 15.0 Å². The predicted molar refractivity (Wildman–Crippen MR) is 97.0 cm³/mol. The number of benzene rings is 1. The van der Waals surface area contributed by atoms with Gasteiger partial charge in [0.15, 0.2) is 5.13 Å². The number of carbonyl (C=O) groups is 1. The highest BCUT2D eigenvalue weighted by atomic mass is 32.1. The number of hydrogen-bond donors (Lipinski definition) is 1. The summed E-state index contributed by atoms with van der Waals surface area (Å²) in [6.45, 7) is 5.45. The summed E-state index contributed by atoms with van der Waals surface area (Å²) in [5, 5.41) is 6.02. The van der Waals surface area contributed by atoms with E-state index in [2.05, 4.69) is 20.1 Å². The summed E-state index contributed by atoms with van der Waals surface area (Å²) in [5.41, 5.74) is 0.757. The van der Waals surface area contributed by atoms with Gasteiger partial charge in [-0.2, -0.15) is 0 Å². The molecule has 2 heterocycles. The van der Waals surface area contributed by atoms with Crippen molar-refractivity contribution < 1.29 is 9.53 Å². The van der Waals surface area contributed by atoms with Gasteiger partial charge in [0.1, 0.15) is 5.75 Å². The second-order valence-electron chi connectivity index (χ2n) is 5.73. The fourth-order valence-electron chi connectivity index (χ4n) is 2.79. The second-order valence-corrected chi connectivity index (χ2v) is 6.61. The molecule has 0 radical (unpaired) electrons. The fraction of sp³-hybridized carbons (Fsp3) is 0.412. The molecule has 1 amide bonds. The molecule has 7 heteroatoms. The highest BCUT2D eigenvalue weighted by molar-refractivity contribution is 7.13. The molecular formula is C17H22N4O2S. The summed E-state index contributed by atoms with van der Waals surface area (Å²) in [4.78, 5) is 21.3. The maximum Gasteiger partial charge on any atom is 0.241 e. The van der Waals surface area contributed by atoms with E-state index in [9.17, 15) is 4.79 Å². The van der Waals surface area contributed by atoms with Gasteiger partial charge in [-0.3, -0.25) is 9.69 Å². The zero-order chi connectivity index (χ0) is 16.9. The number of amides is 1. The van der Waals surface area contributed by atoms with Crippen molar-refractivity contribution in [3.63, 3.8) is 0 Å². The van der Waals surface area contributed by atoms with E-state index in [1.54, 1.807) is 18.4 Å². The van der Waals surface area contributed by atoms with Crippen molar-refractivity contribution in [1.82, 2.24) is 9.88 Å². The molecule has 1 aliphatic heterocycles. The number of carbonyl (C=O) groups excluding carboxylic acids is 1. The van der Waals surface area contributed by atoms with Gasteiger partial charge in [-0.25, -0.2) is 4.98 Å². The van der Waals surface area contributed by atoms with Gasteiger partial charge >= 0.3 is 0 Å². The van der Waals surface area contributed by atoms with E-state index >= 15 is 0 Å². The van der Waals surface area contributed by atoms with Gasteiger partial charge < -0.3 is 15.0 Å². The summed E-state index contributed by atoms with van der Waals surface area (Å²) in [5.74, 6) is 0.739. The highest BCUT2D eigenvalue weighted by Crippen LogP contribution is 2.20. The maximum absolute atomic E-state index is 12.5. The van der Waals surface area contributed by atoms with Gasteiger partial charge in [-0.1, -0.05) is 6.07 Å². The number of rotatable bonds is 5. The van der Waals surface area contributed by atoms with Crippen LogP contribution in [0.5, 0.6) is 5.75 Å². The largest absolute Gasteiger partial charge is 0.497 e. The van der Waals surface area contributed by atoms with Crippen molar-refractivity contribution in [3.05, 3.63) is 35.8 Å². The number of nitrogens with zero attached hydrogens (tertiary/aromatic N) is 3. The highest BCUT2D eigenvalue weighted by Gasteiger charge is 2.26. The molecule has 6 nitrogen and oxygen atoms in total. The number of nitrogens with one attached hydrogen (secondary N) is 1. The molecule has 1 N–H and O–H groups in total. The van der Waals surface area contributed by atoms with Crippen LogP contribution in [0.15, 0.2) is 35.8 Å². The molecule has 128 valence electrons. The molecule has 0 saturated carbocycles. The molecule has 0 aliphatic carbocycles. The summed E-state index contributed by atoms with van der Waals surface area (Å²) in [6, 6.07) is 7.25. The molecular weight excluding hydrogens is 324 g/mol. The minimum Gasteiger partial charge on any atom is -0.497 e. The molecule has 1 fully saturated rings. The van der Waals surface area contributed by atoms with Crippen LogP contribution in [0, 0.1) is 0 Å². The quantitative estimate of drug-likeness (QED) is 0.900. The smallest absolute Gasteiger partial charge is 0.241 e. The number of anilines is 2. The monoisotopic (exact) mass is 346 g/mol. The van der Waals surface area contributed by atoms with E-state index in [0.29, 0.717) is 0 Å². The first kappa shape index (κ1) is 16.7. The van der Waals surface area contributed by atoms with E-state index < -0.39 is 0 Å². The van der Waals surface area contributed by atoms with E-state index in [4.69, 9.17) is 4.74 Å². The van der Waals surface area contributed by atoms with Crippen LogP contribution in [0.3, 0.4) is 0 Å². The number of thiazole rings is 1. The SMILES string of the molecule is COc1cccc(NC(=O)C(C)N2CCN(c3nccs3)CC2)c1. The third kappa shape index (κ3) is 3.85. The van der Waals surface area contributed by atoms with Crippen LogP contribution in [-0.4, -0.2) is 55.1 Å². The summed E-state index contributed by atoms with van der Waals surface area (Å²) in [6.07, 6.45) is 1.83. The predicted octanol–water partition coefficient (Wildman–Crippen LogP) is 2.30. The minimum absolute atomic E-state index is 0.00551. The van der Waals surface area contributed by atoms with Crippen molar-refractivity contribution in [1.29, 1.82) is 0 Å². The molecule has 1 unspecified atom stereocenters. The normalized spacial score (nSPS) is 16.7. The molecule has 1 aliphatic rings. The fourth-order valence-corrected chi connectivity index (χ4v) is 3.48. The van der Waals surface area contributed by atoms with Gasteiger partial charge in [0, 0.05) is 49.5 Å². The molecule has 0 spiro atoms. The standard InChI is InChI=1S/C17H22N4O2S/c1-13(16(22)19-14-4-3-5-15(12-14)23-2)20-7-9-21(10-8-20)17-18-6-11-24-17/h3-6,11-13H,7-10H2,1-2H3,(H,19,22). The lowest BCUT2D eigenvalue weighted by Crippen LogP contribution is -2.52. The Bertz CT molecular complexity index is 669. The Kier molecular flexibility index (Phi) is 5.32. The van der Waals surface area contributed by atoms with Crippen molar-refractivity contribution in [2.24, 2.45) is 0 Å². The Labute approximate surface area is 146 Å². The first-order chi connectivity index (χ1) is 11.7. The van der Waals surface area contributed by atoms with Crippen molar-refractivity contribution in [2.45, 2.75) is 13.0 Å². The van der Waals surface area contributed by atoms with Crippen molar-refractivity contribution in [2.75, 3.05) is 43.5 Å². The summed E-state index contributed by atoms with van der Waals surface area (Å²) in [7, 11) is 1.62. The van der Waals surface area contributed by atoms with Crippen molar-refractivity contribution in [3.8, 4) is 5.75 Å². The molecule has 24 heavy (non-hydrogen) atoms. The average Bonchev–Trinajstić information content (AvgIpc) is 3.16. The number of piperazine rings is 1. The first-order valence-corrected chi connectivity index (χ1v) is 8.89. The number of hydrogen-bond acceptors (Lipinski definition) is 6. The van der Waals surface area contributed by atoms with E-state index in [0.717, 1.165) is 42.7 Å². The molecule has 1 atom stereocenters. The number of ether oxygens (including phenoxy) is 1. The zero-order valence-corrected chi connectivity index (χ0v) is 14.8. The third-order valence-electron chi connectivity index (χ3n) is 4.27. The van der Waals surface area contributed by atoms with Crippen LogP contribution in [0.25, 0.3) is 0 Å². The Balaban J connectivity index is 1.54. The molecule has 1 aromatic carbocycles. The van der Waals surface area contributed by atoms with Gasteiger partial charge in [0.25, 0.3) is 0 Å². The average molecular weight is 346 g/mol. The van der Waals surface area contributed by atoms with Crippen LogP contribution in [-0.2, 0) is 4.79 Å². The van der Waals surface area contributed by atoms with Crippen LogP contribution in [0.4, 0.5) is 10.8 Å². The van der Waals surface area contributed by atoms with Crippen LogP contribution >= 0.6 is 11.3 Å². The first-order valence-electron chi connectivity index (χ1n) is 8.01. The lowest BCUT2D eigenvalue weighted by atomic mass is 10.2. The minimum atomic E-state index is -0.172. The van der Waals surface area contributed by atoms with Gasteiger partial charge in [-0.15, -0.1) is 11.3 Å². The van der Waals surface area contributed by atoms with E-state index in [1.165, 1.54) is 0 Å². The Morgan fingerprint density at radius 1 is 1.33 bits per heavy atom. The molecule has 1 aromatic heterocycles. The maximum atomic E-state index is 12.5. The van der Waals surface area contributed by atoms with Gasteiger partial charge in [-0.05, 0) is 19.1 Å². The van der Waals surface area contributed by atoms with E-state index in [1.807, 2.05) is 42.8 Å². The molecule has 0 bridgehead atoms. The topological polar surface area (TPSA) is 57.7 Å². The lowest BCUT2D eigenvalue weighted by Gasteiger charge is -2.37. The molecule has 3 rings (SSSR count). The van der Waals surface area contributed by atoms with Crippen LogP contribution in [0.1, 0.15) is 6.92 Å². The second kappa shape index (κ2) is 7.63. The van der Waals surface area contributed by atoms with Gasteiger partial charge in [0.05, 0.1) is 13.2 Å². The Morgan fingerprint density at radius 2 is 2.12 bits per heavy atom. The van der Waals surface area contributed by atoms with E-state index in [-0.39, 0.29) is 11.9 Å². The molecule has 1 saturated heterocycles. The molecule has 2 aromatic rings. The van der Waals surface area contributed by atoms with Crippen LogP contribution in [0.2, 0.25) is 0 Å². The van der Waals surface area contributed by atoms with Gasteiger partial charge in [0.2, 0.25) is 5.91 Å². The lowest BCUT2D eigenvalue weighted by molar-refractivity contribution is -0.120. The summed E-state index contributed by atoms with van der Waals surface area (Å²) < 4.78 is 5.19. The third-order valence-corrected chi connectivity index (χ3v) is 5.10. The number of methoxy groups -OCH3 is 1. The number of aromatic nitrogens is 1.